The number of nitrogens with one attached hydrogen (secondary N) is 2. The Bertz CT molecular complexity index is 1170. The van der Waals surface area contributed by atoms with Gasteiger partial charge in [-0.25, -0.2) is 19.2 Å². The maximum atomic E-state index is 15.2. The van der Waals surface area contributed by atoms with Gasteiger partial charge in [0.1, 0.15) is 0 Å². The summed E-state index contributed by atoms with van der Waals surface area (Å²) < 4.78 is 15.2. The molecular formula is C22H22ClFN6. The fraction of sp³-hybridized carbons (Fsp3) is 0.455. The standard InChI is InChI=1S/C22H22ClFN6/c1-10-12-4-6-13(7-5-12)17(10)27-22-16(24)11(2)18(25-3)20(28-22)19-15-8-14(23)9-26-21(15)30-29-19/h8-10,12-13,17H,4-7H2,1-2H3,(H,27,28)(H,26,29,30). The lowest BCUT2D eigenvalue weighted by molar-refractivity contribution is 0.0926. The van der Waals surface area contributed by atoms with Gasteiger partial charge in [-0.3, -0.25) is 5.10 Å². The molecule has 3 aliphatic carbocycles. The van der Waals surface area contributed by atoms with Crippen molar-refractivity contribution in [1.82, 2.24) is 20.2 Å². The first-order valence-corrected chi connectivity index (χ1v) is 10.7. The van der Waals surface area contributed by atoms with E-state index < -0.39 is 5.82 Å². The van der Waals surface area contributed by atoms with Crippen LogP contribution in [-0.2, 0) is 0 Å². The molecule has 6 rings (SSSR count). The van der Waals surface area contributed by atoms with E-state index >= 15 is 4.39 Å². The molecule has 3 aromatic heterocycles. The van der Waals surface area contributed by atoms with E-state index in [4.69, 9.17) is 18.2 Å². The number of H-pyrrole nitrogens is 1. The summed E-state index contributed by atoms with van der Waals surface area (Å²) in [6, 6.07) is 1.92. The van der Waals surface area contributed by atoms with Gasteiger partial charge in [0.25, 0.3) is 0 Å². The summed E-state index contributed by atoms with van der Waals surface area (Å²) in [6.07, 6.45) is 6.38. The van der Waals surface area contributed by atoms with E-state index in [9.17, 15) is 0 Å². The maximum absolute atomic E-state index is 15.2. The topological polar surface area (TPSA) is 70.8 Å². The number of fused-ring (bicyclic) bond motifs is 4. The Kier molecular flexibility index (Phi) is 4.62. The van der Waals surface area contributed by atoms with Crippen LogP contribution in [0.5, 0.6) is 0 Å². The number of halogens is 2. The normalized spacial score (nSPS) is 25.4. The van der Waals surface area contributed by atoms with Crippen molar-refractivity contribution in [3.8, 4) is 11.4 Å². The van der Waals surface area contributed by atoms with E-state index in [2.05, 4.69) is 37.3 Å². The second-order valence-electron chi connectivity index (χ2n) is 8.54. The summed E-state index contributed by atoms with van der Waals surface area (Å²) in [4.78, 5) is 12.4. The van der Waals surface area contributed by atoms with Gasteiger partial charge in [-0.2, -0.15) is 5.10 Å². The molecule has 0 aromatic carbocycles. The molecule has 30 heavy (non-hydrogen) atoms. The quantitative estimate of drug-likeness (QED) is 0.513. The van der Waals surface area contributed by atoms with E-state index in [1.54, 1.807) is 13.0 Å². The maximum Gasteiger partial charge on any atom is 0.220 e. The summed E-state index contributed by atoms with van der Waals surface area (Å²) >= 11 is 6.12. The molecule has 3 aromatic rings. The van der Waals surface area contributed by atoms with Crippen LogP contribution in [-0.4, -0.2) is 26.2 Å². The molecule has 0 aliphatic heterocycles. The Labute approximate surface area is 179 Å². The van der Waals surface area contributed by atoms with Crippen molar-refractivity contribution < 1.29 is 4.39 Å². The third-order valence-electron chi connectivity index (χ3n) is 7.00. The van der Waals surface area contributed by atoms with Crippen LogP contribution in [0, 0.1) is 37.1 Å². The van der Waals surface area contributed by atoms with E-state index in [0.29, 0.717) is 45.2 Å². The first-order valence-electron chi connectivity index (χ1n) is 10.3. The molecule has 3 fully saturated rings. The van der Waals surface area contributed by atoms with Crippen LogP contribution in [0.15, 0.2) is 12.3 Å². The van der Waals surface area contributed by atoms with Crippen LogP contribution < -0.4 is 5.32 Å². The highest BCUT2D eigenvalue weighted by Gasteiger charge is 2.41. The lowest BCUT2D eigenvalue weighted by Crippen LogP contribution is -2.47. The number of aromatic amines is 1. The number of rotatable bonds is 3. The Hall–Kier alpha value is -2.72. The van der Waals surface area contributed by atoms with Crippen molar-refractivity contribution in [2.45, 2.75) is 45.6 Å². The van der Waals surface area contributed by atoms with Gasteiger partial charge in [0.2, 0.25) is 5.69 Å². The summed E-state index contributed by atoms with van der Waals surface area (Å²) in [6.45, 7) is 11.5. The van der Waals surface area contributed by atoms with Gasteiger partial charge in [-0.1, -0.05) is 18.5 Å². The van der Waals surface area contributed by atoms with E-state index in [1.807, 2.05) is 0 Å². The molecule has 0 amide bonds. The van der Waals surface area contributed by atoms with Crippen molar-refractivity contribution in [2.24, 2.45) is 17.8 Å². The lowest BCUT2D eigenvalue weighted by Gasteiger charge is -2.47. The van der Waals surface area contributed by atoms with E-state index in [1.165, 1.54) is 31.9 Å². The van der Waals surface area contributed by atoms with Crippen LogP contribution >= 0.6 is 11.6 Å². The molecule has 0 radical (unpaired) electrons. The van der Waals surface area contributed by atoms with Gasteiger partial charge in [0, 0.05) is 17.6 Å². The highest BCUT2D eigenvalue weighted by molar-refractivity contribution is 6.31. The molecule has 3 aliphatic rings. The number of aromatic nitrogens is 4. The van der Waals surface area contributed by atoms with Crippen LogP contribution in [0.3, 0.4) is 0 Å². The van der Waals surface area contributed by atoms with Gasteiger partial charge in [-0.05, 0) is 62.0 Å². The Balaban J connectivity index is 1.62. The molecule has 3 heterocycles. The molecule has 154 valence electrons. The molecule has 6 nitrogen and oxygen atoms in total. The van der Waals surface area contributed by atoms with Gasteiger partial charge < -0.3 is 5.32 Å². The molecule has 3 saturated carbocycles. The molecule has 8 heteroatoms. The van der Waals surface area contributed by atoms with E-state index in [-0.39, 0.29) is 23.1 Å². The Morgan fingerprint density at radius 3 is 2.70 bits per heavy atom. The first-order chi connectivity index (χ1) is 14.5. The van der Waals surface area contributed by atoms with Gasteiger partial charge in [0.05, 0.1) is 23.0 Å². The highest BCUT2D eigenvalue weighted by atomic mass is 35.5. The monoisotopic (exact) mass is 424 g/mol. The number of nitrogens with zero attached hydrogens (tertiary/aromatic N) is 4. The molecule has 0 spiro atoms. The Morgan fingerprint density at radius 2 is 2.00 bits per heavy atom. The van der Waals surface area contributed by atoms with Crippen LogP contribution in [0.2, 0.25) is 5.02 Å². The molecule has 2 unspecified atom stereocenters. The number of hydrogen-bond acceptors (Lipinski definition) is 4. The van der Waals surface area contributed by atoms with Crippen LogP contribution in [0.1, 0.15) is 38.2 Å². The van der Waals surface area contributed by atoms with E-state index in [0.717, 1.165) is 0 Å². The zero-order valence-corrected chi connectivity index (χ0v) is 17.6. The number of pyridine rings is 2. The lowest BCUT2D eigenvalue weighted by atomic mass is 9.62. The SMILES string of the molecule is [C-]#[N+]c1c(-c2[nH]nc3ncc(Cl)cc23)nc(NC2C3CCC(CC3)C2C)c(F)c1C. The van der Waals surface area contributed by atoms with Crippen molar-refractivity contribution in [1.29, 1.82) is 0 Å². The molecule has 2 atom stereocenters. The molecule has 0 saturated heterocycles. The highest BCUT2D eigenvalue weighted by Crippen LogP contribution is 2.46. The summed E-state index contributed by atoms with van der Waals surface area (Å²) in [5.41, 5.74) is 1.81. The van der Waals surface area contributed by atoms with Crippen LogP contribution in [0.4, 0.5) is 15.9 Å². The molecular weight excluding hydrogens is 403 g/mol. The number of anilines is 1. The minimum Gasteiger partial charge on any atom is -0.364 e. The third kappa shape index (κ3) is 2.93. The summed E-state index contributed by atoms with van der Waals surface area (Å²) in [5, 5.41) is 11.6. The van der Waals surface area contributed by atoms with Crippen molar-refractivity contribution >= 4 is 34.1 Å². The second kappa shape index (κ2) is 7.21. The summed E-state index contributed by atoms with van der Waals surface area (Å²) in [7, 11) is 0. The minimum atomic E-state index is -0.460. The largest absolute Gasteiger partial charge is 0.364 e. The zero-order chi connectivity index (χ0) is 21.0. The minimum absolute atomic E-state index is 0.168. The van der Waals surface area contributed by atoms with Crippen molar-refractivity contribution in [3.05, 3.63) is 40.1 Å². The fourth-order valence-corrected chi connectivity index (χ4v) is 5.45. The summed E-state index contributed by atoms with van der Waals surface area (Å²) in [5.74, 6) is 1.43. The fourth-order valence-electron chi connectivity index (χ4n) is 5.29. The predicted octanol–water partition coefficient (Wildman–Crippen LogP) is 5.91. The smallest absolute Gasteiger partial charge is 0.220 e. The van der Waals surface area contributed by atoms with Gasteiger partial charge in [0.15, 0.2) is 17.3 Å². The second-order valence-corrected chi connectivity index (χ2v) is 8.97. The molecule has 2 bridgehead atoms. The Morgan fingerprint density at radius 1 is 1.27 bits per heavy atom. The van der Waals surface area contributed by atoms with Gasteiger partial charge >= 0.3 is 0 Å². The average molecular weight is 425 g/mol. The zero-order valence-electron chi connectivity index (χ0n) is 16.8. The predicted molar refractivity (Wildman–Crippen MR) is 115 cm³/mol. The molecule has 2 N–H and O–H groups in total. The third-order valence-corrected chi connectivity index (χ3v) is 7.21. The van der Waals surface area contributed by atoms with Crippen LogP contribution in [0.25, 0.3) is 27.3 Å². The van der Waals surface area contributed by atoms with Gasteiger partial charge in [-0.15, -0.1) is 0 Å². The average Bonchev–Trinajstić information content (AvgIpc) is 3.16. The van der Waals surface area contributed by atoms with Crippen molar-refractivity contribution in [2.75, 3.05) is 5.32 Å². The first kappa shape index (κ1) is 19.3. The van der Waals surface area contributed by atoms with Crippen molar-refractivity contribution in [3.63, 3.8) is 0 Å². The number of hydrogen-bond donors (Lipinski definition) is 2.